The van der Waals surface area contributed by atoms with Crippen molar-refractivity contribution in [2.75, 3.05) is 0 Å². The number of benzene rings is 4. The second-order valence-corrected chi connectivity index (χ2v) is 7.94. The highest BCUT2D eigenvalue weighted by molar-refractivity contribution is 7.25. The fraction of sp³-hybridized carbons (Fsp3) is 0. The Labute approximate surface area is 160 Å². The molecule has 0 bridgehead atoms. The van der Waals surface area contributed by atoms with Crippen LogP contribution in [0.5, 0.6) is 0 Å². The molecule has 1 nitrogen and oxygen atoms in total. The Hall–Kier alpha value is -3.23. The van der Waals surface area contributed by atoms with Gasteiger partial charge in [-0.05, 0) is 40.8 Å². The van der Waals surface area contributed by atoms with Gasteiger partial charge >= 0.3 is 0 Å². The lowest BCUT2D eigenvalue weighted by molar-refractivity contribution is 1.43. The zero-order valence-electron chi connectivity index (χ0n) is 14.5. The third-order valence-electron chi connectivity index (χ3n) is 5.30. The molecule has 0 N–H and O–H groups in total. The summed E-state index contributed by atoms with van der Waals surface area (Å²) in [6.45, 7) is 0. The summed E-state index contributed by atoms with van der Waals surface area (Å²) < 4.78 is 2.68. The molecule has 0 saturated heterocycles. The minimum Gasteiger partial charge on any atom is -0.256 e. The van der Waals surface area contributed by atoms with Crippen LogP contribution >= 0.6 is 11.3 Å². The van der Waals surface area contributed by atoms with Gasteiger partial charge in [-0.2, -0.15) is 0 Å². The predicted molar refractivity (Wildman–Crippen MR) is 118 cm³/mol. The number of fused-ring (bicyclic) bond motifs is 6. The van der Waals surface area contributed by atoms with Crippen molar-refractivity contribution in [3.8, 4) is 11.1 Å². The summed E-state index contributed by atoms with van der Waals surface area (Å²) >= 11 is 1.86. The van der Waals surface area contributed by atoms with Crippen LogP contribution in [0.15, 0.2) is 91.1 Å². The number of nitrogens with zero attached hydrogens (tertiary/aromatic N) is 1. The minimum absolute atomic E-state index is 1.07. The maximum Gasteiger partial charge on any atom is 0.0780 e. The highest BCUT2D eigenvalue weighted by atomic mass is 32.1. The Kier molecular flexibility index (Phi) is 3.11. The number of pyridine rings is 1. The molecule has 0 atom stereocenters. The highest BCUT2D eigenvalue weighted by Gasteiger charge is 2.11. The first-order valence-electron chi connectivity index (χ1n) is 9.07. The topological polar surface area (TPSA) is 12.9 Å². The van der Waals surface area contributed by atoms with Crippen molar-refractivity contribution in [3.05, 3.63) is 91.1 Å². The third-order valence-corrected chi connectivity index (χ3v) is 6.44. The fourth-order valence-corrected chi connectivity index (χ4v) is 5.18. The number of hydrogen-bond acceptors (Lipinski definition) is 2. The van der Waals surface area contributed by atoms with Crippen LogP contribution in [0.25, 0.3) is 53.0 Å². The minimum atomic E-state index is 1.07. The molecule has 0 saturated carbocycles. The van der Waals surface area contributed by atoms with Crippen molar-refractivity contribution in [2.45, 2.75) is 0 Å². The molecule has 0 fully saturated rings. The van der Waals surface area contributed by atoms with Crippen LogP contribution in [0, 0.1) is 0 Å². The summed E-state index contributed by atoms with van der Waals surface area (Å²) in [7, 11) is 0. The average molecular weight is 361 g/mol. The first kappa shape index (κ1) is 14.9. The maximum atomic E-state index is 4.65. The van der Waals surface area contributed by atoms with Crippen LogP contribution < -0.4 is 0 Å². The normalized spacial score (nSPS) is 11.7. The van der Waals surface area contributed by atoms with Crippen molar-refractivity contribution in [1.29, 1.82) is 0 Å². The summed E-state index contributed by atoms with van der Waals surface area (Å²) in [5.41, 5.74) is 3.61. The summed E-state index contributed by atoms with van der Waals surface area (Å²) in [6, 6.07) is 30.5. The van der Waals surface area contributed by atoms with Gasteiger partial charge in [0, 0.05) is 37.1 Å². The van der Waals surface area contributed by atoms with Gasteiger partial charge in [-0.15, -0.1) is 11.3 Å². The Bertz CT molecular complexity index is 1480. The molecule has 0 amide bonds. The third kappa shape index (κ3) is 2.20. The quantitative estimate of drug-likeness (QED) is 0.278. The second-order valence-electron chi connectivity index (χ2n) is 6.85. The van der Waals surface area contributed by atoms with E-state index in [0.717, 1.165) is 5.52 Å². The standard InChI is InChI=1S/C25H15NS/c1-2-8-22-20(6-1)24-19(7-3-9-23(24)27-22)18-13-11-16-10-12-17-5-4-14-26-25(17)21(16)15-18/h1-15H. The lowest BCUT2D eigenvalue weighted by Gasteiger charge is -2.08. The molecule has 27 heavy (non-hydrogen) atoms. The summed E-state index contributed by atoms with van der Waals surface area (Å²) in [5, 5.41) is 6.31. The molecule has 0 radical (unpaired) electrons. The molecular weight excluding hydrogens is 346 g/mol. The van der Waals surface area contributed by atoms with Gasteiger partial charge in [0.25, 0.3) is 0 Å². The Morgan fingerprint density at radius 1 is 0.630 bits per heavy atom. The van der Waals surface area contributed by atoms with Crippen molar-refractivity contribution in [3.63, 3.8) is 0 Å². The van der Waals surface area contributed by atoms with Crippen LogP contribution in [0.4, 0.5) is 0 Å². The predicted octanol–water partition coefficient (Wildman–Crippen LogP) is 7.42. The van der Waals surface area contributed by atoms with Crippen LogP contribution in [0.3, 0.4) is 0 Å². The van der Waals surface area contributed by atoms with Gasteiger partial charge < -0.3 is 0 Å². The molecular formula is C25H15NS. The van der Waals surface area contributed by atoms with Crippen molar-refractivity contribution >= 4 is 53.2 Å². The van der Waals surface area contributed by atoms with Crippen molar-refractivity contribution < 1.29 is 0 Å². The van der Waals surface area contributed by atoms with Crippen LogP contribution in [-0.4, -0.2) is 4.98 Å². The van der Waals surface area contributed by atoms with E-state index < -0.39 is 0 Å². The SMILES string of the molecule is c1cnc2c(c1)ccc1ccc(-c3cccc4sc5ccccc5c34)cc12. The van der Waals surface area contributed by atoms with E-state index in [1.165, 1.54) is 47.5 Å². The van der Waals surface area contributed by atoms with Gasteiger partial charge in [-0.3, -0.25) is 4.98 Å². The molecule has 126 valence electrons. The van der Waals surface area contributed by atoms with E-state index in [1.54, 1.807) is 0 Å². The molecule has 4 aromatic carbocycles. The van der Waals surface area contributed by atoms with E-state index >= 15 is 0 Å². The van der Waals surface area contributed by atoms with Crippen molar-refractivity contribution in [1.82, 2.24) is 4.98 Å². The fourth-order valence-electron chi connectivity index (χ4n) is 4.05. The van der Waals surface area contributed by atoms with E-state index in [4.69, 9.17) is 0 Å². The molecule has 0 aliphatic heterocycles. The monoisotopic (exact) mass is 361 g/mol. The molecule has 0 aliphatic carbocycles. The molecule has 6 aromatic rings. The summed E-state index contributed by atoms with van der Waals surface area (Å²) in [5.74, 6) is 0. The molecule has 2 aromatic heterocycles. The highest BCUT2D eigenvalue weighted by Crippen LogP contribution is 2.40. The van der Waals surface area contributed by atoms with Gasteiger partial charge in [0.15, 0.2) is 0 Å². The largest absolute Gasteiger partial charge is 0.256 e. The Balaban J connectivity index is 1.72. The molecule has 0 aliphatic rings. The van der Waals surface area contributed by atoms with Crippen LogP contribution in [0.2, 0.25) is 0 Å². The number of rotatable bonds is 1. The maximum absolute atomic E-state index is 4.65. The smallest absolute Gasteiger partial charge is 0.0780 e. The molecule has 2 heterocycles. The van der Waals surface area contributed by atoms with E-state index in [-0.39, 0.29) is 0 Å². The van der Waals surface area contributed by atoms with E-state index in [0.29, 0.717) is 0 Å². The zero-order chi connectivity index (χ0) is 17.8. The zero-order valence-corrected chi connectivity index (χ0v) is 15.3. The first-order valence-corrected chi connectivity index (χ1v) is 9.88. The van der Waals surface area contributed by atoms with E-state index in [1.807, 2.05) is 23.6 Å². The first-order chi connectivity index (χ1) is 13.4. The van der Waals surface area contributed by atoms with E-state index in [9.17, 15) is 0 Å². The van der Waals surface area contributed by atoms with Gasteiger partial charge in [-0.25, -0.2) is 0 Å². The molecule has 0 unspecified atom stereocenters. The number of aromatic nitrogens is 1. The molecule has 0 spiro atoms. The van der Waals surface area contributed by atoms with Crippen LogP contribution in [0.1, 0.15) is 0 Å². The summed E-state index contributed by atoms with van der Waals surface area (Å²) in [6.07, 6.45) is 1.88. The number of thiophene rings is 1. The van der Waals surface area contributed by atoms with Gasteiger partial charge in [0.1, 0.15) is 0 Å². The van der Waals surface area contributed by atoms with Gasteiger partial charge in [0.2, 0.25) is 0 Å². The Morgan fingerprint density at radius 3 is 2.48 bits per heavy atom. The second kappa shape index (κ2) is 5.63. The van der Waals surface area contributed by atoms with Crippen molar-refractivity contribution in [2.24, 2.45) is 0 Å². The summed E-state index contributed by atoms with van der Waals surface area (Å²) in [4.78, 5) is 4.65. The lowest BCUT2D eigenvalue weighted by atomic mass is 9.96. The Morgan fingerprint density at radius 2 is 1.48 bits per heavy atom. The lowest BCUT2D eigenvalue weighted by Crippen LogP contribution is -1.84. The number of hydrogen-bond donors (Lipinski definition) is 0. The van der Waals surface area contributed by atoms with Gasteiger partial charge in [0.05, 0.1) is 5.52 Å². The molecule has 6 rings (SSSR count). The van der Waals surface area contributed by atoms with E-state index in [2.05, 4.69) is 83.8 Å². The van der Waals surface area contributed by atoms with Crippen LogP contribution in [-0.2, 0) is 0 Å². The molecule has 2 heteroatoms. The van der Waals surface area contributed by atoms with Gasteiger partial charge in [-0.1, -0.05) is 60.7 Å². The average Bonchev–Trinajstić information content (AvgIpc) is 3.12.